The van der Waals surface area contributed by atoms with E-state index in [0.717, 1.165) is 4.90 Å². The Morgan fingerprint density at radius 2 is 1.62 bits per heavy atom. The Kier molecular flexibility index (Phi) is 4.59. The Bertz CT molecular complexity index is 683. The fourth-order valence-electron chi connectivity index (χ4n) is 1.70. The molecule has 2 aromatic carbocycles. The van der Waals surface area contributed by atoms with Crippen LogP contribution in [0.2, 0.25) is 0 Å². The van der Waals surface area contributed by atoms with Gasteiger partial charge in [0.1, 0.15) is 5.82 Å². The van der Waals surface area contributed by atoms with E-state index in [-0.39, 0.29) is 17.5 Å². The number of benzene rings is 2. The summed E-state index contributed by atoms with van der Waals surface area (Å²) in [4.78, 5) is 22.7. The minimum absolute atomic E-state index is 0.132. The number of carbonyl (C=O) groups is 2. The first kappa shape index (κ1) is 15.1. The fraction of sp³-hybridized carbons (Fsp3) is 0.0667. The number of aliphatic carboxylic acids is 1. The van der Waals surface area contributed by atoms with Crippen LogP contribution in [0, 0.1) is 5.82 Å². The van der Waals surface area contributed by atoms with E-state index in [0.29, 0.717) is 4.90 Å². The lowest BCUT2D eigenvalue weighted by Gasteiger charge is -2.05. The number of hydrogen-bond acceptors (Lipinski definition) is 3. The molecule has 0 fully saturated rings. The van der Waals surface area contributed by atoms with Crippen molar-refractivity contribution in [2.75, 3.05) is 0 Å². The Morgan fingerprint density at radius 1 is 1.00 bits per heavy atom. The minimum Gasteiger partial charge on any atom is -0.481 e. The molecular weight excluding hydrogens is 295 g/mol. The molecule has 0 saturated carbocycles. The fourth-order valence-corrected chi connectivity index (χ4v) is 2.54. The summed E-state index contributed by atoms with van der Waals surface area (Å²) in [6.07, 6.45) is -0.357. The highest BCUT2D eigenvalue weighted by Crippen LogP contribution is 2.29. The van der Waals surface area contributed by atoms with Gasteiger partial charge in [-0.1, -0.05) is 17.8 Å². The quantitative estimate of drug-likeness (QED) is 0.886. The second-order valence-electron chi connectivity index (χ2n) is 4.26. The van der Waals surface area contributed by atoms with Crippen LogP contribution in [-0.2, 0) is 11.2 Å². The number of halogens is 1. The van der Waals surface area contributed by atoms with E-state index >= 15 is 0 Å². The van der Waals surface area contributed by atoms with Gasteiger partial charge in [0.25, 0.3) is 0 Å². The molecule has 2 aromatic rings. The van der Waals surface area contributed by atoms with Gasteiger partial charge in [-0.15, -0.1) is 0 Å². The molecule has 2 rings (SSSR count). The second-order valence-corrected chi connectivity index (χ2v) is 5.40. The summed E-state index contributed by atoms with van der Waals surface area (Å²) in [6.45, 7) is 0. The molecule has 21 heavy (non-hydrogen) atoms. The molecule has 0 bridgehead atoms. The highest BCUT2D eigenvalue weighted by molar-refractivity contribution is 7.99. The third-order valence-corrected chi connectivity index (χ3v) is 3.70. The normalized spacial score (nSPS) is 10.3. The third kappa shape index (κ3) is 4.06. The van der Waals surface area contributed by atoms with Crippen molar-refractivity contribution < 1.29 is 24.2 Å². The van der Waals surface area contributed by atoms with Gasteiger partial charge in [0.15, 0.2) is 0 Å². The zero-order valence-electron chi connectivity index (χ0n) is 10.7. The molecule has 0 amide bonds. The Morgan fingerprint density at radius 3 is 2.14 bits per heavy atom. The molecule has 0 aliphatic rings. The summed E-state index contributed by atoms with van der Waals surface area (Å²) in [5.74, 6) is -2.65. The van der Waals surface area contributed by atoms with Crippen molar-refractivity contribution >= 4 is 23.7 Å². The standard InChI is InChI=1S/C15H11FO4S/c16-13-8-12(6-3-10(13)7-14(17)18)21-11-4-1-9(2-5-11)15(19)20/h1-6,8H,7H2,(H,17,18)(H,19,20). The monoisotopic (exact) mass is 306 g/mol. The van der Waals surface area contributed by atoms with E-state index in [4.69, 9.17) is 10.2 Å². The van der Waals surface area contributed by atoms with Crippen LogP contribution in [0.5, 0.6) is 0 Å². The van der Waals surface area contributed by atoms with Gasteiger partial charge in [-0.25, -0.2) is 9.18 Å². The average Bonchev–Trinajstić information content (AvgIpc) is 2.42. The van der Waals surface area contributed by atoms with Crippen molar-refractivity contribution in [3.8, 4) is 0 Å². The number of rotatable bonds is 5. The van der Waals surface area contributed by atoms with Gasteiger partial charge >= 0.3 is 11.9 Å². The maximum absolute atomic E-state index is 13.7. The van der Waals surface area contributed by atoms with E-state index in [9.17, 15) is 14.0 Å². The molecule has 0 unspecified atom stereocenters. The van der Waals surface area contributed by atoms with Crippen molar-refractivity contribution in [1.82, 2.24) is 0 Å². The van der Waals surface area contributed by atoms with E-state index in [1.165, 1.54) is 36.0 Å². The van der Waals surface area contributed by atoms with Crippen molar-refractivity contribution in [1.29, 1.82) is 0 Å². The number of hydrogen-bond donors (Lipinski definition) is 2. The van der Waals surface area contributed by atoms with Gasteiger partial charge in [-0.3, -0.25) is 4.79 Å². The highest BCUT2D eigenvalue weighted by atomic mass is 32.2. The summed E-state index contributed by atoms with van der Waals surface area (Å²) in [7, 11) is 0. The van der Waals surface area contributed by atoms with Crippen LogP contribution < -0.4 is 0 Å². The highest BCUT2D eigenvalue weighted by Gasteiger charge is 2.09. The van der Waals surface area contributed by atoms with Gasteiger partial charge in [0.05, 0.1) is 12.0 Å². The van der Waals surface area contributed by atoms with Gasteiger partial charge in [-0.05, 0) is 42.0 Å². The van der Waals surface area contributed by atoms with Gasteiger partial charge in [0, 0.05) is 9.79 Å². The number of carboxylic acids is 2. The number of carboxylic acid groups (broad SMARTS) is 2. The van der Waals surface area contributed by atoms with Crippen LogP contribution >= 0.6 is 11.8 Å². The SMILES string of the molecule is O=C(O)Cc1ccc(Sc2ccc(C(=O)O)cc2)cc1F. The van der Waals surface area contributed by atoms with Crippen LogP contribution in [0.4, 0.5) is 4.39 Å². The lowest BCUT2D eigenvalue weighted by molar-refractivity contribution is -0.136. The van der Waals surface area contributed by atoms with Crippen LogP contribution in [-0.4, -0.2) is 22.2 Å². The summed E-state index contributed by atoms with van der Waals surface area (Å²) < 4.78 is 13.7. The molecule has 0 aliphatic heterocycles. The molecule has 2 N–H and O–H groups in total. The number of aromatic carboxylic acids is 1. The summed E-state index contributed by atoms with van der Waals surface area (Å²) in [5.41, 5.74) is 0.315. The molecule has 0 radical (unpaired) electrons. The van der Waals surface area contributed by atoms with Crippen LogP contribution in [0.1, 0.15) is 15.9 Å². The van der Waals surface area contributed by atoms with Gasteiger partial charge in [-0.2, -0.15) is 0 Å². The Balaban J connectivity index is 2.14. The van der Waals surface area contributed by atoms with Crippen molar-refractivity contribution in [2.45, 2.75) is 16.2 Å². The lowest BCUT2D eigenvalue weighted by Crippen LogP contribution is -2.02. The van der Waals surface area contributed by atoms with E-state index < -0.39 is 17.8 Å². The molecule has 108 valence electrons. The molecule has 0 saturated heterocycles. The molecule has 0 heterocycles. The molecule has 0 aliphatic carbocycles. The first-order valence-corrected chi connectivity index (χ1v) is 6.79. The predicted molar refractivity (Wildman–Crippen MR) is 75.3 cm³/mol. The molecule has 0 atom stereocenters. The van der Waals surface area contributed by atoms with Gasteiger partial charge in [0.2, 0.25) is 0 Å². The zero-order valence-corrected chi connectivity index (χ0v) is 11.6. The van der Waals surface area contributed by atoms with Crippen molar-refractivity contribution in [3.63, 3.8) is 0 Å². The maximum atomic E-state index is 13.7. The van der Waals surface area contributed by atoms with Crippen LogP contribution in [0.15, 0.2) is 52.3 Å². The largest absolute Gasteiger partial charge is 0.481 e. The second kappa shape index (κ2) is 6.41. The smallest absolute Gasteiger partial charge is 0.335 e. The topological polar surface area (TPSA) is 74.6 Å². The van der Waals surface area contributed by atoms with Crippen molar-refractivity contribution in [2.24, 2.45) is 0 Å². The minimum atomic E-state index is -1.08. The molecule has 0 spiro atoms. The molecule has 6 heteroatoms. The van der Waals surface area contributed by atoms with Crippen LogP contribution in [0.3, 0.4) is 0 Å². The van der Waals surface area contributed by atoms with E-state index in [2.05, 4.69) is 0 Å². The molecule has 4 nitrogen and oxygen atoms in total. The van der Waals surface area contributed by atoms with Crippen molar-refractivity contribution in [3.05, 3.63) is 59.4 Å². The first-order valence-electron chi connectivity index (χ1n) is 5.97. The lowest BCUT2D eigenvalue weighted by atomic mass is 10.1. The summed E-state index contributed by atoms with van der Waals surface area (Å²) in [6, 6.07) is 10.6. The summed E-state index contributed by atoms with van der Waals surface area (Å²) in [5, 5.41) is 17.4. The summed E-state index contributed by atoms with van der Waals surface area (Å²) >= 11 is 1.27. The van der Waals surface area contributed by atoms with Gasteiger partial charge < -0.3 is 10.2 Å². The first-order chi connectivity index (χ1) is 9.95. The van der Waals surface area contributed by atoms with Crippen LogP contribution in [0.25, 0.3) is 0 Å². The zero-order chi connectivity index (χ0) is 15.4. The Labute approximate surface area is 124 Å². The molecule has 0 aromatic heterocycles. The molecular formula is C15H11FO4S. The Hall–Kier alpha value is -2.34. The van der Waals surface area contributed by atoms with E-state index in [1.807, 2.05) is 0 Å². The average molecular weight is 306 g/mol. The maximum Gasteiger partial charge on any atom is 0.335 e. The van der Waals surface area contributed by atoms with E-state index in [1.54, 1.807) is 18.2 Å². The predicted octanol–water partition coefficient (Wildman–Crippen LogP) is 3.30. The third-order valence-electron chi connectivity index (χ3n) is 2.70.